The summed E-state index contributed by atoms with van der Waals surface area (Å²) in [5, 5.41) is 30.0. The van der Waals surface area contributed by atoms with Gasteiger partial charge >= 0.3 is 0 Å². The molecule has 0 aromatic heterocycles. The summed E-state index contributed by atoms with van der Waals surface area (Å²) in [6, 6.07) is 14.8. The average Bonchev–Trinajstić information content (AvgIpc) is 2.53. The summed E-state index contributed by atoms with van der Waals surface area (Å²) in [4.78, 5) is 0. The third kappa shape index (κ3) is 2.78. The Bertz CT molecular complexity index is 655. The third-order valence-electron chi connectivity index (χ3n) is 5.61. The molecule has 0 radical (unpaired) electrons. The fourth-order valence-corrected chi connectivity index (χ4v) is 4.55. The molecule has 3 rings (SSSR count). The minimum atomic E-state index is -0.347. The number of rotatable bonds is 2. The first-order valence-electron chi connectivity index (χ1n) is 8.52. The molecule has 1 aliphatic rings. The molecule has 3 N–H and O–H groups in total. The van der Waals surface area contributed by atoms with Gasteiger partial charge in [0.1, 0.15) is 11.5 Å². The van der Waals surface area contributed by atoms with Gasteiger partial charge in [0.15, 0.2) is 0 Å². The lowest BCUT2D eigenvalue weighted by Gasteiger charge is -2.51. The number of benzene rings is 2. The summed E-state index contributed by atoms with van der Waals surface area (Å²) in [6.07, 6.45) is 1.29. The van der Waals surface area contributed by atoms with E-state index in [1.807, 2.05) is 24.3 Å². The standard InChI is InChI=1S/C21H26O3/c1-14-12-21(13-20(2,3)19(14)24,15-4-8-17(22)9-5-15)16-6-10-18(23)11-7-16/h4-11,14,19,22-24H,12-13H2,1-3H3. The summed E-state index contributed by atoms with van der Waals surface area (Å²) in [7, 11) is 0. The van der Waals surface area contributed by atoms with E-state index in [1.165, 1.54) is 0 Å². The topological polar surface area (TPSA) is 60.7 Å². The van der Waals surface area contributed by atoms with Gasteiger partial charge in [-0.05, 0) is 59.6 Å². The maximum absolute atomic E-state index is 10.6. The van der Waals surface area contributed by atoms with Crippen LogP contribution < -0.4 is 0 Å². The van der Waals surface area contributed by atoms with Crippen LogP contribution in [0.15, 0.2) is 48.5 Å². The maximum atomic E-state index is 10.6. The van der Waals surface area contributed by atoms with Crippen LogP contribution in [0.4, 0.5) is 0 Å². The van der Waals surface area contributed by atoms with Gasteiger partial charge < -0.3 is 15.3 Å². The van der Waals surface area contributed by atoms with Crippen molar-refractivity contribution < 1.29 is 15.3 Å². The van der Waals surface area contributed by atoms with Crippen molar-refractivity contribution >= 4 is 0 Å². The molecule has 24 heavy (non-hydrogen) atoms. The van der Waals surface area contributed by atoms with Gasteiger partial charge in [-0.15, -0.1) is 0 Å². The zero-order valence-electron chi connectivity index (χ0n) is 14.5. The van der Waals surface area contributed by atoms with Gasteiger partial charge in [-0.3, -0.25) is 0 Å². The Balaban J connectivity index is 2.17. The molecule has 3 nitrogen and oxygen atoms in total. The molecule has 128 valence electrons. The molecule has 2 atom stereocenters. The second kappa shape index (κ2) is 5.82. The van der Waals surface area contributed by atoms with Gasteiger partial charge in [0.25, 0.3) is 0 Å². The van der Waals surface area contributed by atoms with E-state index in [-0.39, 0.29) is 34.4 Å². The Morgan fingerprint density at radius 3 is 1.62 bits per heavy atom. The van der Waals surface area contributed by atoms with Crippen molar-refractivity contribution in [2.24, 2.45) is 11.3 Å². The van der Waals surface area contributed by atoms with E-state index in [0.29, 0.717) is 0 Å². The molecule has 2 unspecified atom stereocenters. The second-order valence-electron chi connectivity index (χ2n) is 7.97. The molecule has 3 heteroatoms. The van der Waals surface area contributed by atoms with E-state index >= 15 is 0 Å². The normalized spacial score (nSPS) is 25.3. The van der Waals surface area contributed by atoms with Crippen LogP contribution in [0.2, 0.25) is 0 Å². The van der Waals surface area contributed by atoms with Crippen LogP contribution >= 0.6 is 0 Å². The monoisotopic (exact) mass is 326 g/mol. The molecule has 1 aliphatic carbocycles. The third-order valence-corrected chi connectivity index (χ3v) is 5.61. The number of phenolic OH excluding ortho intramolecular Hbond substituents is 2. The second-order valence-corrected chi connectivity index (χ2v) is 7.97. The molecule has 1 fully saturated rings. The minimum absolute atomic E-state index is 0.149. The molecule has 0 amide bonds. The number of aliphatic hydroxyl groups is 1. The van der Waals surface area contributed by atoms with Crippen LogP contribution in [0.5, 0.6) is 11.5 Å². The van der Waals surface area contributed by atoms with Crippen LogP contribution in [0, 0.1) is 11.3 Å². The van der Waals surface area contributed by atoms with E-state index in [9.17, 15) is 15.3 Å². The van der Waals surface area contributed by atoms with E-state index in [1.54, 1.807) is 24.3 Å². The van der Waals surface area contributed by atoms with Crippen LogP contribution in [0.1, 0.15) is 44.7 Å². The van der Waals surface area contributed by atoms with E-state index in [2.05, 4.69) is 20.8 Å². The Hall–Kier alpha value is -2.00. The van der Waals surface area contributed by atoms with Crippen molar-refractivity contribution in [2.45, 2.75) is 45.1 Å². The fraction of sp³-hybridized carbons (Fsp3) is 0.429. The van der Waals surface area contributed by atoms with E-state index in [0.717, 1.165) is 24.0 Å². The number of phenols is 2. The first kappa shape index (κ1) is 16.8. The highest BCUT2D eigenvalue weighted by molar-refractivity contribution is 5.44. The number of aliphatic hydroxyl groups excluding tert-OH is 1. The van der Waals surface area contributed by atoms with Gasteiger partial charge in [0.05, 0.1) is 6.10 Å². The van der Waals surface area contributed by atoms with Gasteiger partial charge in [0.2, 0.25) is 0 Å². The average molecular weight is 326 g/mol. The Morgan fingerprint density at radius 2 is 1.25 bits per heavy atom. The predicted molar refractivity (Wildman–Crippen MR) is 95.2 cm³/mol. The summed E-state index contributed by atoms with van der Waals surface area (Å²) in [5.41, 5.74) is 1.80. The highest BCUT2D eigenvalue weighted by Crippen LogP contribution is 2.53. The van der Waals surface area contributed by atoms with Crippen LogP contribution in [-0.4, -0.2) is 21.4 Å². The fourth-order valence-electron chi connectivity index (χ4n) is 4.55. The van der Waals surface area contributed by atoms with Gasteiger partial charge in [-0.1, -0.05) is 45.0 Å². The zero-order chi connectivity index (χ0) is 17.5. The maximum Gasteiger partial charge on any atom is 0.115 e. The first-order valence-corrected chi connectivity index (χ1v) is 8.52. The molecular formula is C21H26O3. The van der Waals surface area contributed by atoms with E-state index in [4.69, 9.17) is 0 Å². The molecule has 0 spiro atoms. The van der Waals surface area contributed by atoms with E-state index < -0.39 is 0 Å². The zero-order valence-corrected chi connectivity index (χ0v) is 14.5. The van der Waals surface area contributed by atoms with Crippen molar-refractivity contribution in [2.75, 3.05) is 0 Å². The van der Waals surface area contributed by atoms with Crippen LogP contribution in [0.25, 0.3) is 0 Å². The van der Waals surface area contributed by atoms with Crippen molar-refractivity contribution in [1.82, 2.24) is 0 Å². The molecular weight excluding hydrogens is 300 g/mol. The first-order chi connectivity index (χ1) is 11.2. The number of hydrogen-bond acceptors (Lipinski definition) is 3. The summed E-state index contributed by atoms with van der Waals surface area (Å²) in [6.45, 7) is 6.33. The lowest BCUT2D eigenvalue weighted by molar-refractivity contribution is -0.0484. The molecule has 0 heterocycles. The Kier molecular flexibility index (Phi) is 4.08. The lowest BCUT2D eigenvalue weighted by Crippen LogP contribution is -2.49. The Morgan fingerprint density at radius 1 is 0.833 bits per heavy atom. The molecule has 2 aromatic rings. The molecule has 0 aliphatic heterocycles. The molecule has 2 aromatic carbocycles. The van der Waals surface area contributed by atoms with Crippen molar-refractivity contribution in [3.63, 3.8) is 0 Å². The smallest absolute Gasteiger partial charge is 0.115 e. The predicted octanol–water partition coefficient (Wildman–Crippen LogP) is 4.20. The largest absolute Gasteiger partial charge is 0.508 e. The summed E-state index contributed by atoms with van der Waals surface area (Å²) >= 11 is 0. The van der Waals surface area contributed by atoms with Crippen molar-refractivity contribution in [3.05, 3.63) is 59.7 Å². The van der Waals surface area contributed by atoms with Gasteiger partial charge in [0, 0.05) is 5.41 Å². The highest BCUT2D eigenvalue weighted by atomic mass is 16.3. The SMILES string of the molecule is CC1CC(c2ccc(O)cc2)(c2ccc(O)cc2)CC(C)(C)C1O. The van der Waals surface area contributed by atoms with Crippen LogP contribution in [0.3, 0.4) is 0 Å². The van der Waals surface area contributed by atoms with Crippen LogP contribution in [-0.2, 0) is 5.41 Å². The molecule has 1 saturated carbocycles. The number of aromatic hydroxyl groups is 2. The van der Waals surface area contributed by atoms with Gasteiger partial charge in [-0.25, -0.2) is 0 Å². The number of hydrogen-bond donors (Lipinski definition) is 3. The lowest BCUT2D eigenvalue weighted by atomic mass is 9.54. The van der Waals surface area contributed by atoms with Gasteiger partial charge in [-0.2, -0.15) is 0 Å². The Labute approximate surface area is 143 Å². The molecule has 0 bridgehead atoms. The summed E-state index contributed by atoms with van der Waals surface area (Å²) in [5.74, 6) is 0.655. The highest BCUT2D eigenvalue weighted by Gasteiger charge is 2.49. The quantitative estimate of drug-likeness (QED) is 0.775. The van der Waals surface area contributed by atoms with Crippen molar-refractivity contribution in [3.8, 4) is 11.5 Å². The summed E-state index contributed by atoms with van der Waals surface area (Å²) < 4.78 is 0. The molecule has 0 saturated heterocycles. The van der Waals surface area contributed by atoms with Crippen molar-refractivity contribution in [1.29, 1.82) is 0 Å². The minimum Gasteiger partial charge on any atom is -0.508 e.